The maximum absolute atomic E-state index is 9.64. The molecule has 1 rings (SSSR count). The molecule has 0 aliphatic rings. The van der Waals surface area contributed by atoms with Crippen molar-refractivity contribution in [3.05, 3.63) is 35.9 Å². The lowest BCUT2D eigenvalue weighted by Crippen LogP contribution is -2.26. The summed E-state index contributed by atoms with van der Waals surface area (Å²) in [6.45, 7) is 4.31. The summed E-state index contributed by atoms with van der Waals surface area (Å²) >= 11 is 0. The van der Waals surface area contributed by atoms with Crippen molar-refractivity contribution < 1.29 is 0 Å². The predicted molar refractivity (Wildman–Crippen MR) is 72.7 cm³/mol. The van der Waals surface area contributed by atoms with Crippen LogP contribution in [-0.4, -0.2) is 0 Å². The number of rotatable bonds is 6. The van der Waals surface area contributed by atoms with Crippen molar-refractivity contribution >= 4 is 0 Å². The Kier molecular flexibility index (Phi) is 5.40. The third kappa shape index (κ3) is 3.34. The lowest BCUT2D eigenvalue weighted by molar-refractivity contribution is 0.372. The zero-order valence-corrected chi connectivity index (χ0v) is 11.2. The van der Waals surface area contributed by atoms with E-state index in [-0.39, 0.29) is 0 Å². The molecule has 0 saturated heterocycles. The van der Waals surface area contributed by atoms with Crippen molar-refractivity contribution in [1.82, 2.24) is 0 Å². The molecule has 0 unspecified atom stereocenters. The lowest BCUT2D eigenvalue weighted by atomic mass is 9.72. The highest BCUT2D eigenvalue weighted by molar-refractivity contribution is 5.32. The van der Waals surface area contributed by atoms with E-state index in [2.05, 4.69) is 26.0 Å². The van der Waals surface area contributed by atoms with Gasteiger partial charge in [-0.3, -0.25) is 0 Å². The molecule has 0 amide bonds. The van der Waals surface area contributed by atoms with E-state index in [9.17, 15) is 5.26 Å². The Balaban J connectivity index is 3.07. The summed E-state index contributed by atoms with van der Waals surface area (Å²) in [6, 6.07) is 14.5. The topological polar surface area (TPSA) is 47.6 Å². The molecule has 0 aliphatic carbocycles. The first-order valence-corrected chi connectivity index (χ1v) is 6.52. The van der Waals surface area contributed by atoms with Crippen LogP contribution in [0.2, 0.25) is 0 Å². The molecule has 0 bridgehead atoms. The highest BCUT2D eigenvalue weighted by Gasteiger charge is 2.33. The zero-order chi connectivity index (χ0) is 13.4. The molecule has 2 nitrogen and oxygen atoms in total. The van der Waals surface area contributed by atoms with Crippen LogP contribution < -0.4 is 0 Å². The van der Waals surface area contributed by atoms with Crippen LogP contribution in [0.1, 0.15) is 45.1 Å². The molecule has 0 aliphatic heterocycles. The molecule has 0 N–H and O–H groups in total. The minimum absolute atomic E-state index is 0.429. The molecular weight excluding hydrogens is 220 g/mol. The van der Waals surface area contributed by atoms with E-state index in [0.29, 0.717) is 18.8 Å². The van der Waals surface area contributed by atoms with Crippen molar-refractivity contribution in [2.75, 3.05) is 0 Å². The van der Waals surface area contributed by atoms with Crippen molar-refractivity contribution in [3.63, 3.8) is 0 Å². The first kappa shape index (κ1) is 14.3. The van der Waals surface area contributed by atoms with Crippen molar-refractivity contribution in [1.29, 1.82) is 10.5 Å². The van der Waals surface area contributed by atoms with Crippen LogP contribution in [-0.2, 0) is 5.41 Å². The molecule has 1 aromatic rings. The Hall–Kier alpha value is -1.80. The standard InChI is InChI=1S/C16H20N2/c1-3-14(2)12-16(13-18,10-7-11-17)15-8-5-4-6-9-15/h4-6,8-9,14H,3,7,10,12H2,1-2H3/t14-,16+/m1/s1. The highest BCUT2D eigenvalue weighted by Crippen LogP contribution is 2.36. The second-order valence-corrected chi connectivity index (χ2v) is 4.94. The molecule has 2 atom stereocenters. The second kappa shape index (κ2) is 6.82. The third-order valence-electron chi connectivity index (χ3n) is 3.60. The SMILES string of the molecule is CC[C@@H](C)C[C@](C#N)(CCC#N)c1ccccc1. The third-order valence-corrected chi connectivity index (χ3v) is 3.60. The molecule has 0 saturated carbocycles. The Morgan fingerprint density at radius 2 is 1.89 bits per heavy atom. The van der Waals surface area contributed by atoms with Gasteiger partial charge in [0.15, 0.2) is 0 Å². The number of hydrogen-bond donors (Lipinski definition) is 0. The van der Waals surface area contributed by atoms with Gasteiger partial charge in [0.25, 0.3) is 0 Å². The number of hydrogen-bond acceptors (Lipinski definition) is 2. The van der Waals surface area contributed by atoms with Crippen LogP contribution in [0.25, 0.3) is 0 Å². The highest BCUT2D eigenvalue weighted by atomic mass is 14.4. The van der Waals surface area contributed by atoms with Gasteiger partial charge in [-0.05, 0) is 24.3 Å². The fraction of sp³-hybridized carbons (Fsp3) is 0.500. The maximum atomic E-state index is 9.64. The average molecular weight is 240 g/mol. The predicted octanol–water partition coefficient (Wildman–Crippen LogP) is 4.19. The number of benzene rings is 1. The average Bonchev–Trinajstić information content (AvgIpc) is 2.44. The Morgan fingerprint density at radius 3 is 2.39 bits per heavy atom. The minimum Gasteiger partial charge on any atom is -0.198 e. The first-order valence-electron chi connectivity index (χ1n) is 6.52. The molecule has 0 radical (unpaired) electrons. The van der Waals surface area contributed by atoms with E-state index in [1.54, 1.807) is 0 Å². The largest absolute Gasteiger partial charge is 0.198 e. The summed E-state index contributed by atoms with van der Waals surface area (Å²) in [5.41, 5.74) is 0.537. The van der Waals surface area contributed by atoms with Crippen LogP contribution in [0.4, 0.5) is 0 Å². The molecule has 2 heteroatoms. The molecule has 0 aromatic heterocycles. The van der Waals surface area contributed by atoms with Crippen molar-refractivity contribution in [2.45, 2.75) is 44.9 Å². The zero-order valence-electron chi connectivity index (χ0n) is 11.2. The van der Waals surface area contributed by atoms with E-state index in [1.807, 2.05) is 30.3 Å². The monoisotopic (exact) mass is 240 g/mol. The van der Waals surface area contributed by atoms with Gasteiger partial charge in [-0.1, -0.05) is 50.6 Å². The summed E-state index contributed by atoms with van der Waals surface area (Å²) < 4.78 is 0. The van der Waals surface area contributed by atoms with Crippen LogP contribution >= 0.6 is 0 Å². The summed E-state index contributed by atoms with van der Waals surface area (Å²) in [6.07, 6.45) is 2.93. The van der Waals surface area contributed by atoms with Crippen molar-refractivity contribution in [3.8, 4) is 12.1 Å². The van der Waals surface area contributed by atoms with Crippen LogP contribution in [0.3, 0.4) is 0 Å². The molecule has 0 heterocycles. The van der Waals surface area contributed by atoms with Gasteiger partial charge in [-0.25, -0.2) is 0 Å². The number of nitrogens with zero attached hydrogens (tertiary/aromatic N) is 2. The van der Waals surface area contributed by atoms with Crippen LogP contribution in [0.5, 0.6) is 0 Å². The Morgan fingerprint density at radius 1 is 1.22 bits per heavy atom. The molecule has 94 valence electrons. The molecule has 18 heavy (non-hydrogen) atoms. The maximum Gasteiger partial charge on any atom is 0.0834 e. The summed E-state index contributed by atoms with van der Waals surface area (Å²) in [4.78, 5) is 0. The van der Waals surface area contributed by atoms with E-state index in [1.165, 1.54) is 0 Å². The fourth-order valence-electron chi connectivity index (χ4n) is 2.30. The van der Waals surface area contributed by atoms with Gasteiger partial charge in [0.2, 0.25) is 0 Å². The van der Waals surface area contributed by atoms with Crippen LogP contribution in [0, 0.1) is 28.6 Å². The minimum atomic E-state index is -0.508. The van der Waals surface area contributed by atoms with Gasteiger partial charge in [-0.2, -0.15) is 10.5 Å². The molecule has 0 fully saturated rings. The molecular formula is C16H20N2. The van der Waals surface area contributed by atoms with Gasteiger partial charge >= 0.3 is 0 Å². The van der Waals surface area contributed by atoms with Gasteiger partial charge in [0.05, 0.1) is 17.6 Å². The number of nitriles is 2. The molecule has 1 aromatic carbocycles. The second-order valence-electron chi connectivity index (χ2n) is 4.94. The van der Waals surface area contributed by atoms with E-state index in [4.69, 9.17) is 5.26 Å². The lowest BCUT2D eigenvalue weighted by Gasteiger charge is -2.29. The van der Waals surface area contributed by atoms with E-state index >= 15 is 0 Å². The summed E-state index contributed by atoms with van der Waals surface area (Å²) in [7, 11) is 0. The fourth-order valence-corrected chi connectivity index (χ4v) is 2.30. The first-order chi connectivity index (χ1) is 8.68. The van der Waals surface area contributed by atoms with Gasteiger partial charge < -0.3 is 0 Å². The van der Waals surface area contributed by atoms with E-state index in [0.717, 1.165) is 18.4 Å². The van der Waals surface area contributed by atoms with Gasteiger partial charge in [0, 0.05) is 6.42 Å². The smallest absolute Gasteiger partial charge is 0.0834 e. The van der Waals surface area contributed by atoms with Gasteiger partial charge in [-0.15, -0.1) is 0 Å². The normalized spacial score (nSPS) is 15.1. The van der Waals surface area contributed by atoms with E-state index < -0.39 is 5.41 Å². The van der Waals surface area contributed by atoms with Crippen molar-refractivity contribution in [2.24, 2.45) is 5.92 Å². The Bertz CT molecular complexity index is 438. The summed E-state index contributed by atoms with van der Waals surface area (Å²) in [5, 5.41) is 18.4. The Labute approximate surface area is 110 Å². The van der Waals surface area contributed by atoms with Crippen LogP contribution in [0.15, 0.2) is 30.3 Å². The summed E-state index contributed by atoms with van der Waals surface area (Å²) in [5.74, 6) is 0.489. The van der Waals surface area contributed by atoms with Gasteiger partial charge in [0.1, 0.15) is 0 Å². The molecule has 0 spiro atoms. The quantitative estimate of drug-likeness (QED) is 0.748.